The van der Waals surface area contributed by atoms with Crippen LogP contribution in [-0.4, -0.2) is 24.6 Å². The zero-order valence-electron chi connectivity index (χ0n) is 17.6. The SMILES string of the molecule is CCCCCCCCCCCCC(c1ccccc1)[N+](C)(C)NC(C)=O. The van der Waals surface area contributed by atoms with Crippen molar-refractivity contribution in [2.45, 2.75) is 90.5 Å². The molecule has 1 rings (SSSR count). The molecule has 0 radical (unpaired) electrons. The second-order valence-corrected chi connectivity index (χ2v) is 8.11. The molecule has 1 aromatic rings. The van der Waals surface area contributed by atoms with Gasteiger partial charge in [-0.2, -0.15) is 0 Å². The average molecular weight is 362 g/mol. The van der Waals surface area contributed by atoms with E-state index in [1.165, 1.54) is 69.8 Å². The first kappa shape index (κ1) is 22.7. The lowest BCUT2D eigenvalue weighted by Gasteiger charge is -2.37. The van der Waals surface area contributed by atoms with Gasteiger partial charge in [-0.15, -0.1) is 0 Å². The van der Waals surface area contributed by atoms with Crippen LogP contribution in [-0.2, 0) is 4.79 Å². The van der Waals surface area contributed by atoms with Crippen molar-refractivity contribution in [3.05, 3.63) is 35.9 Å². The molecule has 1 amide bonds. The predicted molar refractivity (Wildman–Crippen MR) is 112 cm³/mol. The van der Waals surface area contributed by atoms with E-state index < -0.39 is 0 Å². The number of quaternary nitrogens is 1. The van der Waals surface area contributed by atoms with Crippen molar-refractivity contribution in [1.29, 1.82) is 0 Å². The van der Waals surface area contributed by atoms with Crippen LogP contribution in [0.2, 0.25) is 0 Å². The summed E-state index contributed by atoms with van der Waals surface area (Å²) in [5.74, 6) is 0.0269. The summed E-state index contributed by atoms with van der Waals surface area (Å²) in [5.41, 5.74) is 4.41. The smallest absolute Gasteiger partial charge is 0.261 e. The van der Waals surface area contributed by atoms with Crippen molar-refractivity contribution in [3.63, 3.8) is 0 Å². The summed E-state index contributed by atoms with van der Waals surface area (Å²) < 4.78 is 0.511. The van der Waals surface area contributed by atoms with Crippen LogP contribution in [0.3, 0.4) is 0 Å². The largest absolute Gasteiger partial charge is 0.270 e. The van der Waals surface area contributed by atoms with Gasteiger partial charge in [-0.05, 0) is 6.42 Å². The molecule has 26 heavy (non-hydrogen) atoms. The van der Waals surface area contributed by atoms with Crippen LogP contribution in [0.4, 0.5) is 0 Å². The van der Waals surface area contributed by atoms with E-state index in [4.69, 9.17) is 0 Å². The third-order valence-electron chi connectivity index (χ3n) is 5.24. The van der Waals surface area contributed by atoms with Gasteiger partial charge in [-0.25, -0.2) is 10.0 Å². The highest BCUT2D eigenvalue weighted by atomic mass is 16.2. The summed E-state index contributed by atoms with van der Waals surface area (Å²) in [6, 6.07) is 10.9. The van der Waals surface area contributed by atoms with Crippen LogP contribution in [0.25, 0.3) is 0 Å². The molecule has 0 saturated carbocycles. The zero-order valence-corrected chi connectivity index (χ0v) is 17.6. The minimum Gasteiger partial charge on any atom is -0.270 e. The van der Waals surface area contributed by atoms with Crippen molar-refractivity contribution in [1.82, 2.24) is 5.43 Å². The quantitative estimate of drug-likeness (QED) is 0.240. The predicted octanol–water partition coefficient (Wildman–Crippen LogP) is 6.17. The topological polar surface area (TPSA) is 29.1 Å². The Balaban J connectivity index is 2.37. The van der Waals surface area contributed by atoms with Crippen LogP contribution >= 0.6 is 0 Å². The van der Waals surface area contributed by atoms with Crippen LogP contribution in [0.15, 0.2) is 30.3 Å². The second-order valence-electron chi connectivity index (χ2n) is 8.11. The van der Waals surface area contributed by atoms with E-state index >= 15 is 0 Å². The van der Waals surface area contributed by atoms with Crippen molar-refractivity contribution in [2.24, 2.45) is 0 Å². The first-order valence-corrected chi connectivity index (χ1v) is 10.6. The molecule has 0 aliphatic carbocycles. The highest BCUT2D eigenvalue weighted by molar-refractivity contribution is 5.71. The molecule has 1 atom stereocenters. The van der Waals surface area contributed by atoms with Crippen LogP contribution in [0.1, 0.15) is 96.1 Å². The van der Waals surface area contributed by atoms with Crippen molar-refractivity contribution in [3.8, 4) is 0 Å². The second kappa shape index (κ2) is 12.9. The van der Waals surface area contributed by atoms with Gasteiger partial charge in [0.05, 0.1) is 14.1 Å². The maximum atomic E-state index is 11.6. The van der Waals surface area contributed by atoms with E-state index in [1.807, 2.05) is 0 Å². The number of amides is 1. The molecule has 0 spiro atoms. The Morgan fingerprint density at radius 2 is 1.38 bits per heavy atom. The van der Waals surface area contributed by atoms with Gasteiger partial charge in [0.15, 0.2) is 0 Å². The molecule has 0 aliphatic heterocycles. The highest BCUT2D eigenvalue weighted by Crippen LogP contribution is 2.29. The average Bonchev–Trinajstić information content (AvgIpc) is 2.59. The number of hydrogen-bond acceptors (Lipinski definition) is 1. The van der Waals surface area contributed by atoms with Crippen molar-refractivity contribution in [2.75, 3.05) is 14.1 Å². The molecular weight excluding hydrogens is 320 g/mol. The van der Waals surface area contributed by atoms with Gasteiger partial charge in [0, 0.05) is 18.9 Å². The normalized spacial score (nSPS) is 12.8. The Morgan fingerprint density at radius 3 is 1.88 bits per heavy atom. The van der Waals surface area contributed by atoms with E-state index in [9.17, 15) is 4.79 Å². The van der Waals surface area contributed by atoms with E-state index in [2.05, 4.69) is 56.8 Å². The number of benzene rings is 1. The molecule has 0 aliphatic rings. The molecule has 0 saturated heterocycles. The summed E-state index contributed by atoms with van der Waals surface area (Å²) >= 11 is 0. The molecular formula is C23H41N2O+. The van der Waals surface area contributed by atoms with Gasteiger partial charge in [0.25, 0.3) is 5.91 Å². The number of hydrogen-bond donors (Lipinski definition) is 1. The van der Waals surface area contributed by atoms with Gasteiger partial charge in [-0.3, -0.25) is 4.79 Å². The third-order valence-corrected chi connectivity index (χ3v) is 5.24. The van der Waals surface area contributed by atoms with E-state index in [-0.39, 0.29) is 5.91 Å². The van der Waals surface area contributed by atoms with Crippen LogP contribution in [0, 0.1) is 0 Å². The lowest BCUT2D eigenvalue weighted by atomic mass is 9.98. The number of rotatable bonds is 14. The number of nitrogens with zero attached hydrogens (tertiary/aromatic N) is 1. The maximum Gasteiger partial charge on any atom is 0.261 e. The number of unbranched alkanes of at least 4 members (excludes halogenated alkanes) is 9. The molecule has 0 bridgehead atoms. The molecule has 3 nitrogen and oxygen atoms in total. The molecule has 1 N–H and O–H groups in total. The summed E-state index contributed by atoms with van der Waals surface area (Å²) in [5, 5.41) is 0. The van der Waals surface area contributed by atoms with Crippen LogP contribution in [0.5, 0.6) is 0 Å². The van der Waals surface area contributed by atoms with Gasteiger partial charge in [0.1, 0.15) is 6.04 Å². The Kier molecular flexibility index (Phi) is 11.3. The van der Waals surface area contributed by atoms with E-state index in [1.54, 1.807) is 6.92 Å². The number of carbonyl (C=O) groups is 1. The summed E-state index contributed by atoms with van der Waals surface area (Å²) in [6.07, 6.45) is 14.6. The lowest BCUT2D eigenvalue weighted by molar-refractivity contribution is -0.955. The molecule has 148 valence electrons. The Labute approximate surface area is 161 Å². The molecule has 1 aromatic carbocycles. The molecule has 3 heteroatoms. The fourth-order valence-electron chi connectivity index (χ4n) is 3.85. The van der Waals surface area contributed by atoms with E-state index in [0.29, 0.717) is 10.6 Å². The summed E-state index contributed by atoms with van der Waals surface area (Å²) in [7, 11) is 4.19. The van der Waals surface area contributed by atoms with Gasteiger partial charge in [-0.1, -0.05) is 95.0 Å². The van der Waals surface area contributed by atoms with Gasteiger partial charge >= 0.3 is 0 Å². The Bertz CT molecular complexity index is 484. The van der Waals surface area contributed by atoms with E-state index in [0.717, 1.165) is 6.42 Å². The van der Waals surface area contributed by atoms with Gasteiger partial charge < -0.3 is 0 Å². The minimum atomic E-state index is 0.0269. The Hall–Kier alpha value is -1.35. The fourth-order valence-corrected chi connectivity index (χ4v) is 3.85. The lowest BCUT2D eigenvalue weighted by Crippen LogP contribution is -2.55. The minimum absolute atomic E-state index is 0.0269. The fraction of sp³-hybridized carbons (Fsp3) is 0.696. The monoisotopic (exact) mass is 361 g/mol. The van der Waals surface area contributed by atoms with Crippen molar-refractivity contribution >= 4 is 5.91 Å². The summed E-state index contributed by atoms with van der Waals surface area (Å²) in [6.45, 7) is 3.87. The number of carbonyl (C=O) groups excluding carboxylic acids is 1. The molecule has 1 unspecified atom stereocenters. The molecule has 0 heterocycles. The van der Waals surface area contributed by atoms with Crippen LogP contribution < -0.4 is 5.43 Å². The third kappa shape index (κ3) is 9.38. The molecule has 0 aromatic heterocycles. The standard InChI is InChI=1S/C23H40N2O/c1-5-6-7-8-9-10-11-12-13-17-20-23(22-18-15-14-16-19-22)25(3,4)24-21(2)26/h14-16,18-19,23H,5-13,17,20H2,1-4H3/p+1. The first-order chi connectivity index (χ1) is 12.5. The maximum absolute atomic E-state index is 11.6. The zero-order chi connectivity index (χ0) is 19.3. The Morgan fingerprint density at radius 1 is 0.885 bits per heavy atom. The summed E-state index contributed by atoms with van der Waals surface area (Å²) in [4.78, 5) is 11.6. The number of nitrogens with one attached hydrogen (secondary N) is 1. The van der Waals surface area contributed by atoms with Crippen molar-refractivity contribution < 1.29 is 9.39 Å². The molecule has 0 fully saturated rings. The first-order valence-electron chi connectivity index (χ1n) is 10.6. The van der Waals surface area contributed by atoms with Gasteiger partial charge in [0.2, 0.25) is 0 Å². The highest BCUT2D eigenvalue weighted by Gasteiger charge is 2.30.